The molecule has 0 saturated heterocycles. The van der Waals surface area contributed by atoms with Crippen LogP contribution in [0, 0.1) is 11.8 Å². The summed E-state index contributed by atoms with van der Waals surface area (Å²) in [6.45, 7) is 7.37. The first-order valence-corrected chi connectivity index (χ1v) is 6.13. The molecule has 2 nitrogen and oxygen atoms in total. The van der Waals surface area contributed by atoms with Gasteiger partial charge in [-0.25, -0.2) is 4.98 Å². The van der Waals surface area contributed by atoms with E-state index in [1.165, 1.54) is 10.7 Å². The molecule has 0 bridgehead atoms. The molecule has 0 aromatic carbocycles. The Morgan fingerprint density at radius 3 is 2.64 bits per heavy atom. The van der Waals surface area contributed by atoms with E-state index in [-0.39, 0.29) is 0 Å². The second-order valence-corrected chi connectivity index (χ2v) is 5.32. The standard InChI is InChI=1S/C11H20N2S/c1-8(2)4-10-7-14-11(13-10)5-9(3)6-12/h7-9H,4-6,12H2,1-3H3. The molecule has 1 unspecified atom stereocenters. The maximum atomic E-state index is 5.58. The van der Waals surface area contributed by atoms with Crippen molar-refractivity contribution in [1.82, 2.24) is 4.98 Å². The zero-order chi connectivity index (χ0) is 10.6. The van der Waals surface area contributed by atoms with Crippen molar-refractivity contribution in [2.24, 2.45) is 17.6 Å². The lowest BCUT2D eigenvalue weighted by Crippen LogP contribution is -2.13. The molecule has 1 rings (SSSR count). The van der Waals surface area contributed by atoms with E-state index >= 15 is 0 Å². The quantitative estimate of drug-likeness (QED) is 0.814. The van der Waals surface area contributed by atoms with Gasteiger partial charge in [0, 0.05) is 11.8 Å². The van der Waals surface area contributed by atoms with E-state index in [4.69, 9.17) is 5.73 Å². The van der Waals surface area contributed by atoms with Gasteiger partial charge < -0.3 is 5.73 Å². The van der Waals surface area contributed by atoms with Crippen LogP contribution in [0.25, 0.3) is 0 Å². The number of nitrogens with two attached hydrogens (primary N) is 1. The van der Waals surface area contributed by atoms with Gasteiger partial charge in [0.15, 0.2) is 0 Å². The number of hydrogen-bond acceptors (Lipinski definition) is 3. The van der Waals surface area contributed by atoms with Crippen LogP contribution in [0.1, 0.15) is 31.5 Å². The van der Waals surface area contributed by atoms with Gasteiger partial charge in [0.25, 0.3) is 0 Å². The third kappa shape index (κ3) is 3.76. The van der Waals surface area contributed by atoms with Gasteiger partial charge in [0.1, 0.15) is 0 Å². The Kier molecular flexibility index (Phi) is 4.55. The highest BCUT2D eigenvalue weighted by Crippen LogP contribution is 2.16. The van der Waals surface area contributed by atoms with E-state index < -0.39 is 0 Å². The molecule has 0 radical (unpaired) electrons. The van der Waals surface area contributed by atoms with Crippen LogP contribution in [-0.4, -0.2) is 11.5 Å². The predicted molar refractivity (Wildman–Crippen MR) is 62.6 cm³/mol. The monoisotopic (exact) mass is 212 g/mol. The highest BCUT2D eigenvalue weighted by Gasteiger charge is 2.07. The van der Waals surface area contributed by atoms with Crippen LogP contribution in [0.4, 0.5) is 0 Å². The zero-order valence-electron chi connectivity index (χ0n) is 9.29. The maximum Gasteiger partial charge on any atom is 0.0931 e. The van der Waals surface area contributed by atoms with Crippen LogP contribution in [0.3, 0.4) is 0 Å². The zero-order valence-corrected chi connectivity index (χ0v) is 10.1. The average Bonchev–Trinajstić information content (AvgIpc) is 2.51. The molecule has 1 atom stereocenters. The van der Waals surface area contributed by atoms with Gasteiger partial charge in [0.2, 0.25) is 0 Å². The van der Waals surface area contributed by atoms with Crippen LogP contribution in [-0.2, 0) is 12.8 Å². The summed E-state index contributed by atoms with van der Waals surface area (Å²) in [5.74, 6) is 1.24. The highest BCUT2D eigenvalue weighted by molar-refractivity contribution is 7.09. The van der Waals surface area contributed by atoms with Crippen molar-refractivity contribution in [1.29, 1.82) is 0 Å². The first-order valence-electron chi connectivity index (χ1n) is 5.25. The third-order valence-electron chi connectivity index (χ3n) is 2.14. The molecule has 0 spiro atoms. The minimum Gasteiger partial charge on any atom is -0.330 e. The smallest absolute Gasteiger partial charge is 0.0931 e. The lowest BCUT2D eigenvalue weighted by atomic mass is 10.1. The summed E-state index contributed by atoms with van der Waals surface area (Å²) in [7, 11) is 0. The summed E-state index contributed by atoms with van der Waals surface area (Å²) in [6, 6.07) is 0. The van der Waals surface area contributed by atoms with Gasteiger partial charge in [-0.05, 0) is 24.8 Å². The summed E-state index contributed by atoms with van der Waals surface area (Å²) in [5, 5.41) is 3.41. The topological polar surface area (TPSA) is 38.9 Å². The summed E-state index contributed by atoms with van der Waals surface area (Å²) in [5.41, 5.74) is 6.82. The molecule has 80 valence electrons. The van der Waals surface area contributed by atoms with Crippen molar-refractivity contribution in [3.05, 3.63) is 16.1 Å². The van der Waals surface area contributed by atoms with Crippen molar-refractivity contribution < 1.29 is 0 Å². The Labute approximate surface area is 90.6 Å². The second kappa shape index (κ2) is 5.47. The fraction of sp³-hybridized carbons (Fsp3) is 0.727. The SMILES string of the molecule is CC(C)Cc1csc(CC(C)CN)n1. The van der Waals surface area contributed by atoms with E-state index in [0.717, 1.165) is 19.4 Å². The van der Waals surface area contributed by atoms with Crippen LogP contribution in [0.2, 0.25) is 0 Å². The van der Waals surface area contributed by atoms with Gasteiger partial charge in [-0.3, -0.25) is 0 Å². The molecular formula is C11H20N2S. The van der Waals surface area contributed by atoms with Crippen molar-refractivity contribution in [2.75, 3.05) is 6.54 Å². The first-order chi connectivity index (χ1) is 6.61. The number of hydrogen-bond donors (Lipinski definition) is 1. The van der Waals surface area contributed by atoms with E-state index in [2.05, 4.69) is 31.1 Å². The molecule has 3 heteroatoms. The molecule has 1 heterocycles. The van der Waals surface area contributed by atoms with Gasteiger partial charge in [0.05, 0.1) is 10.7 Å². The van der Waals surface area contributed by atoms with Crippen molar-refractivity contribution >= 4 is 11.3 Å². The third-order valence-corrected chi connectivity index (χ3v) is 3.06. The van der Waals surface area contributed by atoms with Crippen molar-refractivity contribution in [3.8, 4) is 0 Å². The molecule has 0 fully saturated rings. The van der Waals surface area contributed by atoms with Crippen molar-refractivity contribution in [3.63, 3.8) is 0 Å². The molecule has 0 aliphatic carbocycles. The van der Waals surface area contributed by atoms with E-state index in [1.807, 2.05) is 0 Å². The molecule has 0 amide bonds. The maximum absolute atomic E-state index is 5.58. The molecular weight excluding hydrogens is 192 g/mol. The van der Waals surface area contributed by atoms with E-state index in [0.29, 0.717) is 11.8 Å². The molecule has 1 aromatic heterocycles. The average molecular weight is 212 g/mol. The Morgan fingerprint density at radius 2 is 2.07 bits per heavy atom. The lowest BCUT2D eigenvalue weighted by Gasteiger charge is -2.04. The molecule has 2 N–H and O–H groups in total. The van der Waals surface area contributed by atoms with Gasteiger partial charge in [-0.15, -0.1) is 11.3 Å². The Morgan fingerprint density at radius 1 is 1.36 bits per heavy atom. The van der Waals surface area contributed by atoms with E-state index in [1.54, 1.807) is 11.3 Å². The number of rotatable bonds is 5. The number of thiazole rings is 1. The Balaban J connectivity index is 2.50. The first kappa shape index (κ1) is 11.7. The molecule has 1 aromatic rings. The molecule has 0 aliphatic heterocycles. The highest BCUT2D eigenvalue weighted by atomic mass is 32.1. The lowest BCUT2D eigenvalue weighted by molar-refractivity contribution is 0.586. The molecule has 0 aliphatic rings. The normalized spacial score (nSPS) is 13.5. The van der Waals surface area contributed by atoms with Gasteiger partial charge in [-0.1, -0.05) is 20.8 Å². The summed E-state index contributed by atoms with van der Waals surface area (Å²) in [4.78, 5) is 4.60. The van der Waals surface area contributed by atoms with Crippen LogP contribution in [0.5, 0.6) is 0 Å². The van der Waals surface area contributed by atoms with Crippen LogP contribution < -0.4 is 5.73 Å². The minimum absolute atomic E-state index is 0.549. The largest absolute Gasteiger partial charge is 0.330 e. The van der Waals surface area contributed by atoms with Crippen molar-refractivity contribution in [2.45, 2.75) is 33.6 Å². The fourth-order valence-corrected chi connectivity index (χ4v) is 2.31. The summed E-state index contributed by atoms with van der Waals surface area (Å²) in [6.07, 6.45) is 2.12. The molecule has 14 heavy (non-hydrogen) atoms. The van der Waals surface area contributed by atoms with E-state index in [9.17, 15) is 0 Å². The summed E-state index contributed by atoms with van der Waals surface area (Å²) >= 11 is 1.77. The second-order valence-electron chi connectivity index (χ2n) is 4.38. The number of nitrogens with zero attached hydrogens (tertiary/aromatic N) is 1. The summed E-state index contributed by atoms with van der Waals surface area (Å²) < 4.78 is 0. The minimum atomic E-state index is 0.549. The van der Waals surface area contributed by atoms with Gasteiger partial charge in [-0.2, -0.15) is 0 Å². The Bertz CT molecular complexity index is 268. The van der Waals surface area contributed by atoms with Crippen LogP contribution >= 0.6 is 11.3 Å². The molecule has 0 saturated carbocycles. The number of aromatic nitrogens is 1. The van der Waals surface area contributed by atoms with Crippen LogP contribution in [0.15, 0.2) is 5.38 Å². The van der Waals surface area contributed by atoms with Gasteiger partial charge >= 0.3 is 0 Å². The predicted octanol–water partition coefficient (Wildman–Crippen LogP) is 2.48. The Hall–Kier alpha value is -0.410. The fourth-order valence-electron chi connectivity index (χ4n) is 1.34.